The largest absolute Gasteiger partial charge is 0.329 e. The molecule has 0 aromatic rings. The lowest BCUT2D eigenvalue weighted by atomic mass is 10.2. The highest BCUT2D eigenvalue weighted by Gasteiger charge is 1.98. The Morgan fingerprint density at radius 1 is 1.55 bits per heavy atom. The van der Waals surface area contributed by atoms with Crippen LogP contribution < -0.4 is 5.32 Å². The van der Waals surface area contributed by atoms with E-state index in [1.807, 2.05) is 26.8 Å². The summed E-state index contributed by atoms with van der Waals surface area (Å²) < 4.78 is 0. The topological polar surface area (TPSA) is 29.1 Å². The molecule has 2 heteroatoms. The summed E-state index contributed by atoms with van der Waals surface area (Å²) in [5.74, 6) is -0.0232. The molecule has 0 rings (SSSR count). The average Bonchev–Trinajstić information content (AvgIpc) is 2.00. The highest BCUT2D eigenvalue weighted by molar-refractivity contribution is 5.93. The number of carbonyl (C=O) groups is 1. The molecule has 0 aliphatic rings. The first kappa shape index (κ1) is 9.95. The maximum atomic E-state index is 11.1. The zero-order valence-corrected chi connectivity index (χ0v) is 7.35. The number of hydrogen-bond acceptors (Lipinski definition) is 1. The van der Waals surface area contributed by atoms with E-state index in [1.165, 1.54) is 0 Å². The van der Waals surface area contributed by atoms with Gasteiger partial charge in [-0.1, -0.05) is 19.1 Å². The Kier molecular flexibility index (Phi) is 5.17. The molecule has 1 N–H and O–H groups in total. The van der Waals surface area contributed by atoms with Crippen LogP contribution in [-0.2, 0) is 4.79 Å². The van der Waals surface area contributed by atoms with Crippen molar-refractivity contribution in [2.24, 2.45) is 0 Å². The van der Waals surface area contributed by atoms with E-state index in [4.69, 9.17) is 0 Å². The van der Waals surface area contributed by atoms with Gasteiger partial charge in [0.1, 0.15) is 0 Å². The van der Waals surface area contributed by atoms with Gasteiger partial charge in [0, 0.05) is 5.57 Å². The van der Waals surface area contributed by atoms with E-state index in [0.29, 0.717) is 0 Å². The number of carbonyl (C=O) groups excluding carboxylic acids is 1. The molecule has 0 radical (unpaired) electrons. The van der Waals surface area contributed by atoms with Gasteiger partial charge in [0.15, 0.2) is 0 Å². The van der Waals surface area contributed by atoms with Gasteiger partial charge in [-0.2, -0.15) is 0 Å². The molecule has 0 saturated heterocycles. The molecule has 0 aromatic heterocycles. The first-order valence-electron chi connectivity index (χ1n) is 3.81. The van der Waals surface area contributed by atoms with Gasteiger partial charge >= 0.3 is 0 Å². The predicted molar refractivity (Wildman–Crippen MR) is 47.0 cm³/mol. The molecule has 11 heavy (non-hydrogen) atoms. The smallest absolute Gasteiger partial charge is 0.250 e. The molecule has 0 atom stereocenters. The molecule has 0 spiro atoms. The van der Waals surface area contributed by atoms with E-state index in [2.05, 4.69) is 5.32 Å². The van der Waals surface area contributed by atoms with Gasteiger partial charge in [-0.05, 0) is 26.5 Å². The molecule has 62 valence electrons. The van der Waals surface area contributed by atoms with Crippen LogP contribution in [0.3, 0.4) is 0 Å². The minimum atomic E-state index is -0.0232. The SMILES string of the molecule is C/C=C/NC(=O)/C(C)=C/CC. The maximum Gasteiger partial charge on any atom is 0.250 e. The Hall–Kier alpha value is -1.05. The van der Waals surface area contributed by atoms with Crippen molar-refractivity contribution in [2.45, 2.75) is 27.2 Å². The van der Waals surface area contributed by atoms with Crippen LogP contribution in [0.4, 0.5) is 0 Å². The summed E-state index contributed by atoms with van der Waals surface area (Å²) in [7, 11) is 0. The standard InChI is InChI=1S/C9H15NO/c1-4-6-8(3)9(11)10-7-5-2/h5-7H,4H2,1-3H3,(H,10,11)/b7-5+,8-6+. The Bertz CT molecular complexity index is 180. The Morgan fingerprint density at radius 3 is 2.64 bits per heavy atom. The Morgan fingerprint density at radius 2 is 2.18 bits per heavy atom. The quantitative estimate of drug-likeness (QED) is 0.617. The van der Waals surface area contributed by atoms with Crippen LogP contribution in [0.2, 0.25) is 0 Å². The summed E-state index contributed by atoms with van der Waals surface area (Å²) >= 11 is 0. The molecule has 0 unspecified atom stereocenters. The van der Waals surface area contributed by atoms with E-state index < -0.39 is 0 Å². The van der Waals surface area contributed by atoms with Crippen molar-refractivity contribution in [2.75, 3.05) is 0 Å². The highest BCUT2D eigenvalue weighted by atomic mass is 16.1. The lowest BCUT2D eigenvalue weighted by Crippen LogP contribution is -2.17. The van der Waals surface area contributed by atoms with Crippen molar-refractivity contribution in [1.29, 1.82) is 0 Å². The average molecular weight is 153 g/mol. The van der Waals surface area contributed by atoms with Crippen LogP contribution in [0, 0.1) is 0 Å². The fourth-order valence-corrected chi connectivity index (χ4v) is 0.672. The summed E-state index contributed by atoms with van der Waals surface area (Å²) in [5.41, 5.74) is 0.769. The van der Waals surface area contributed by atoms with Gasteiger partial charge in [-0.3, -0.25) is 4.79 Å². The number of nitrogens with one attached hydrogen (secondary N) is 1. The van der Waals surface area contributed by atoms with Crippen molar-refractivity contribution in [3.8, 4) is 0 Å². The summed E-state index contributed by atoms with van der Waals surface area (Å²) in [6, 6.07) is 0. The second kappa shape index (κ2) is 5.71. The zero-order chi connectivity index (χ0) is 8.69. The number of rotatable bonds is 3. The maximum absolute atomic E-state index is 11.1. The molecule has 2 nitrogen and oxygen atoms in total. The van der Waals surface area contributed by atoms with Crippen LogP contribution in [0.1, 0.15) is 27.2 Å². The molecular formula is C9H15NO. The van der Waals surface area contributed by atoms with Crippen molar-refractivity contribution in [3.05, 3.63) is 23.9 Å². The first-order chi connectivity index (χ1) is 5.22. The van der Waals surface area contributed by atoms with Crippen LogP contribution in [0.5, 0.6) is 0 Å². The molecule has 0 aliphatic heterocycles. The van der Waals surface area contributed by atoms with Crippen molar-refractivity contribution in [3.63, 3.8) is 0 Å². The van der Waals surface area contributed by atoms with E-state index in [0.717, 1.165) is 12.0 Å². The van der Waals surface area contributed by atoms with E-state index in [-0.39, 0.29) is 5.91 Å². The number of amides is 1. The minimum Gasteiger partial charge on any atom is -0.329 e. The van der Waals surface area contributed by atoms with Crippen molar-refractivity contribution < 1.29 is 4.79 Å². The normalized spacial score (nSPS) is 12.1. The van der Waals surface area contributed by atoms with Gasteiger partial charge in [0.2, 0.25) is 5.91 Å². The second-order valence-corrected chi connectivity index (χ2v) is 2.27. The third-order valence-electron chi connectivity index (χ3n) is 1.25. The minimum absolute atomic E-state index is 0.0232. The summed E-state index contributed by atoms with van der Waals surface area (Å²) in [6.07, 6.45) is 6.22. The van der Waals surface area contributed by atoms with Gasteiger partial charge in [-0.25, -0.2) is 0 Å². The third-order valence-corrected chi connectivity index (χ3v) is 1.25. The molecule has 0 bridgehead atoms. The zero-order valence-electron chi connectivity index (χ0n) is 7.35. The van der Waals surface area contributed by atoms with E-state index in [9.17, 15) is 4.79 Å². The van der Waals surface area contributed by atoms with E-state index in [1.54, 1.807) is 12.3 Å². The Balaban J connectivity index is 3.93. The fourth-order valence-electron chi connectivity index (χ4n) is 0.672. The predicted octanol–water partition coefficient (Wildman–Crippen LogP) is 1.99. The number of allylic oxidation sites excluding steroid dienone is 2. The lowest BCUT2D eigenvalue weighted by Gasteiger charge is -1.97. The molecule has 0 aromatic carbocycles. The fraction of sp³-hybridized carbons (Fsp3) is 0.444. The molecular weight excluding hydrogens is 138 g/mol. The lowest BCUT2D eigenvalue weighted by molar-refractivity contribution is -0.116. The van der Waals surface area contributed by atoms with E-state index >= 15 is 0 Å². The number of hydrogen-bond donors (Lipinski definition) is 1. The summed E-state index contributed by atoms with van der Waals surface area (Å²) in [4.78, 5) is 11.1. The second-order valence-electron chi connectivity index (χ2n) is 2.27. The van der Waals surface area contributed by atoms with Crippen LogP contribution in [0.25, 0.3) is 0 Å². The van der Waals surface area contributed by atoms with Crippen LogP contribution >= 0.6 is 0 Å². The van der Waals surface area contributed by atoms with Gasteiger partial charge < -0.3 is 5.32 Å². The molecule has 0 aliphatic carbocycles. The molecule has 0 heterocycles. The third kappa shape index (κ3) is 4.37. The van der Waals surface area contributed by atoms with Gasteiger partial charge in [0.05, 0.1) is 0 Å². The molecule has 0 fully saturated rings. The van der Waals surface area contributed by atoms with Gasteiger partial charge in [0.25, 0.3) is 0 Å². The Labute approximate surface area is 68.0 Å². The van der Waals surface area contributed by atoms with Gasteiger partial charge in [-0.15, -0.1) is 0 Å². The van der Waals surface area contributed by atoms with Crippen LogP contribution in [0.15, 0.2) is 23.9 Å². The summed E-state index contributed by atoms with van der Waals surface area (Å²) in [5, 5.41) is 2.63. The monoisotopic (exact) mass is 153 g/mol. The molecule has 0 saturated carbocycles. The van der Waals surface area contributed by atoms with Crippen LogP contribution in [-0.4, -0.2) is 5.91 Å². The highest BCUT2D eigenvalue weighted by Crippen LogP contribution is 1.93. The summed E-state index contributed by atoms with van der Waals surface area (Å²) in [6.45, 7) is 5.67. The molecule has 1 amide bonds. The first-order valence-corrected chi connectivity index (χ1v) is 3.81. The van der Waals surface area contributed by atoms with Crippen molar-refractivity contribution >= 4 is 5.91 Å². The van der Waals surface area contributed by atoms with Crippen molar-refractivity contribution in [1.82, 2.24) is 5.32 Å².